The van der Waals surface area contributed by atoms with Crippen molar-refractivity contribution in [2.75, 3.05) is 18.5 Å². The van der Waals surface area contributed by atoms with Gasteiger partial charge in [-0.3, -0.25) is 10.1 Å². The Kier molecular flexibility index (Phi) is 6.63. The molecule has 1 atom stereocenters. The summed E-state index contributed by atoms with van der Waals surface area (Å²) in [5, 5.41) is 16.3. The predicted octanol–water partition coefficient (Wildman–Crippen LogP) is 6.60. The number of hydrogen-bond donors (Lipinski definition) is 2. The van der Waals surface area contributed by atoms with Crippen LogP contribution >= 0.6 is 0 Å². The van der Waals surface area contributed by atoms with E-state index >= 15 is 0 Å². The third-order valence-electron chi connectivity index (χ3n) is 7.41. The van der Waals surface area contributed by atoms with Crippen LogP contribution in [-0.2, 0) is 14.9 Å². The van der Waals surface area contributed by atoms with Crippen molar-refractivity contribution in [2.24, 2.45) is 0 Å². The van der Waals surface area contributed by atoms with Gasteiger partial charge in [0.1, 0.15) is 11.8 Å². The SMILES string of the molecule is CC(OC(=O)Nc1cnoc1-c1ccc(-c2ccc(C3(C(=O)O)CC3)cc2)c2c1OCCCO2)c1ccccc1. The van der Waals surface area contributed by atoms with Gasteiger partial charge in [0.05, 0.1) is 30.4 Å². The fourth-order valence-electron chi connectivity index (χ4n) is 5.00. The quantitative estimate of drug-likeness (QED) is 0.269. The molecular weight excluding hydrogens is 512 g/mol. The molecule has 1 fully saturated rings. The van der Waals surface area contributed by atoms with Crippen LogP contribution in [0, 0.1) is 0 Å². The van der Waals surface area contributed by atoms with Gasteiger partial charge in [-0.05, 0) is 48.6 Å². The van der Waals surface area contributed by atoms with Crippen LogP contribution in [0.15, 0.2) is 77.4 Å². The number of hydrogen-bond acceptors (Lipinski definition) is 7. The minimum Gasteiger partial charge on any atom is -0.489 e. The summed E-state index contributed by atoms with van der Waals surface area (Å²) in [5.41, 5.74) is 3.48. The smallest absolute Gasteiger partial charge is 0.412 e. The number of carboxylic acids is 1. The van der Waals surface area contributed by atoms with Crippen molar-refractivity contribution in [3.05, 3.63) is 84.1 Å². The zero-order chi connectivity index (χ0) is 27.7. The second-order valence-electron chi connectivity index (χ2n) is 9.99. The van der Waals surface area contributed by atoms with Crippen molar-refractivity contribution in [3.63, 3.8) is 0 Å². The van der Waals surface area contributed by atoms with E-state index in [-0.39, 0.29) is 0 Å². The van der Waals surface area contributed by atoms with Gasteiger partial charge in [0.25, 0.3) is 0 Å². The average molecular weight is 541 g/mol. The molecule has 40 heavy (non-hydrogen) atoms. The molecule has 204 valence electrons. The fourth-order valence-corrected chi connectivity index (χ4v) is 5.00. The summed E-state index contributed by atoms with van der Waals surface area (Å²) in [7, 11) is 0. The predicted molar refractivity (Wildman–Crippen MR) is 146 cm³/mol. The second-order valence-corrected chi connectivity index (χ2v) is 9.99. The Hall–Kier alpha value is -4.79. The first-order valence-electron chi connectivity index (χ1n) is 13.2. The highest BCUT2D eigenvalue weighted by Gasteiger charge is 2.51. The van der Waals surface area contributed by atoms with E-state index < -0.39 is 23.6 Å². The Balaban J connectivity index is 1.29. The average Bonchev–Trinajstić information content (AvgIpc) is 3.72. The van der Waals surface area contributed by atoms with Crippen LogP contribution in [0.3, 0.4) is 0 Å². The van der Waals surface area contributed by atoms with Gasteiger partial charge in [0, 0.05) is 12.0 Å². The highest BCUT2D eigenvalue weighted by molar-refractivity contribution is 5.92. The van der Waals surface area contributed by atoms with Gasteiger partial charge in [-0.15, -0.1) is 0 Å². The molecule has 0 radical (unpaired) electrons. The van der Waals surface area contributed by atoms with Crippen molar-refractivity contribution in [1.29, 1.82) is 0 Å². The minimum atomic E-state index is -0.787. The maximum atomic E-state index is 12.7. The maximum Gasteiger partial charge on any atom is 0.412 e. The van der Waals surface area contributed by atoms with Crippen LogP contribution in [0.4, 0.5) is 10.5 Å². The molecule has 1 amide bonds. The molecule has 3 aromatic carbocycles. The van der Waals surface area contributed by atoms with Crippen LogP contribution < -0.4 is 14.8 Å². The first-order chi connectivity index (χ1) is 19.5. The first kappa shape index (κ1) is 25.5. The van der Waals surface area contributed by atoms with Crippen molar-refractivity contribution in [2.45, 2.75) is 37.7 Å². The molecule has 1 aromatic heterocycles. The molecular formula is C31H28N2O7. The van der Waals surface area contributed by atoms with Gasteiger partial charge in [-0.1, -0.05) is 59.8 Å². The maximum absolute atomic E-state index is 12.7. The molecule has 4 aromatic rings. The van der Waals surface area contributed by atoms with E-state index in [9.17, 15) is 14.7 Å². The molecule has 9 heteroatoms. The lowest BCUT2D eigenvalue weighted by Gasteiger charge is -2.17. The largest absolute Gasteiger partial charge is 0.489 e. The zero-order valence-corrected chi connectivity index (χ0v) is 21.9. The molecule has 2 heterocycles. The van der Waals surface area contributed by atoms with Crippen molar-refractivity contribution < 1.29 is 33.4 Å². The standard InChI is InChI=1S/C31H28N2O7/c1-19(20-6-3-2-4-7-20)39-30(36)33-25-18-32-40-26(25)24-13-12-23(27-28(24)38-17-5-16-37-27)21-8-10-22(11-9-21)31(14-15-31)29(34)35/h2-4,6-13,18-19H,5,14-17H2,1H3,(H,33,36)(H,34,35). The Morgan fingerprint density at radius 1 is 0.950 bits per heavy atom. The van der Waals surface area contributed by atoms with E-state index in [2.05, 4.69) is 10.5 Å². The number of rotatable bonds is 7. The molecule has 1 aliphatic carbocycles. The topological polar surface area (TPSA) is 120 Å². The Bertz CT molecular complexity index is 1540. The number of carboxylic acid groups (broad SMARTS) is 1. The number of anilines is 1. The van der Waals surface area contributed by atoms with Crippen LogP contribution in [0.2, 0.25) is 0 Å². The number of carbonyl (C=O) groups excluding carboxylic acids is 1. The zero-order valence-electron chi connectivity index (χ0n) is 21.9. The number of nitrogens with one attached hydrogen (secondary N) is 1. The van der Waals surface area contributed by atoms with Crippen LogP contribution in [0.25, 0.3) is 22.5 Å². The summed E-state index contributed by atoms with van der Waals surface area (Å²) in [6.07, 6.45) is 2.31. The molecule has 0 bridgehead atoms. The highest BCUT2D eigenvalue weighted by atomic mass is 16.6. The van der Waals surface area contributed by atoms with E-state index in [4.69, 9.17) is 18.7 Å². The Labute approximate surface area is 230 Å². The molecule has 2 N–H and O–H groups in total. The molecule has 0 spiro atoms. The monoisotopic (exact) mass is 540 g/mol. The van der Waals surface area contributed by atoms with Gasteiger partial charge in [0.15, 0.2) is 17.3 Å². The molecule has 1 aliphatic heterocycles. The van der Waals surface area contributed by atoms with E-state index in [0.29, 0.717) is 61.0 Å². The molecule has 6 rings (SSSR count). The number of carbonyl (C=O) groups is 2. The Morgan fingerprint density at radius 3 is 2.30 bits per heavy atom. The lowest BCUT2D eigenvalue weighted by Crippen LogP contribution is -2.19. The molecule has 2 aliphatic rings. The summed E-state index contributed by atoms with van der Waals surface area (Å²) < 4.78 is 23.4. The highest BCUT2D eigenvalue weighted by Crippen LogP contribution is 2.50. The molecule has 0 saturated heterocycles. The third kappa shape index (κ3) is 4.75. The van der Waals surface area contributed by atoms with Crippen LogP contribution in [0.1, 0.15) is 43.4 Å². The number of aliphatic carboxylic acids is 1. The van der Waals surface area contributed by atoms with Crippen molar-refractivity contribution in [1.82, 2.24) is 5.16 Å². The second kappa shape index (κ2) is 10.4. The summed E-state index contributed by atoms with van der Waals surface area (Å²) in [6.45, 7) is 2.71. The van der Waals surface area contributed by atoms with Crippen LogP contribution in [0.5, 0.6) is 11.5 Å². The number of benzene rings is 3. The van der Waals surface area contributed by atoms with Gasteiger partial charge < -0.3 is 23.8 Å². The Morgan fingerprint density at radius 2 is 1.62 bits per heavy atom. The van der Waals surface area contributed by atoms with Gasteiger partial charge >= 0.3 is 12.1 Å². The van der Waals surface area contributed by atoms with E-state index in [1.165, 1.54) is 6.20 Å². The number of nitrogens with zero attached hydrogens (tertiary/aromatic N) is 1. The van der Waals surface area contributed by atoms with Crippen LogP contribution in [-0.4, -0.2) is 35.5 Å². The minimum absolute atomic E-state index is 0.310. The van der Waals surface area contributed by atoms with Gasteiger partial charge in [-0.2, -0.15) is 0 Å². The molecule has 9 nitrogen and oxygen atoms in total. The van der Waals surface area contributed by atoms with E-state index in [0.717, 1.165) is 22.3 Å². The van der Waals surface area contributed by atoms with Crippen molar-refractivity contribution >= 4 is 17.7 Å². The van der Waals surface area contributed by atoms with Gasteiger partial charge in [-0.25, -0.2) is 4.79 Å². The lowest BCUT2D eigenvalue weighted by atomic mass is 9.93. The summed E-state index contributed by atoms with van der Waals surface area (Å²) >= 11 is 0. The van der Waals surface area contributed by atoms with E-state index in [1.807, 2.05) is 66.7 Å². The first-order valence-corrected chi connectivity index (χ1v) is 13.2. The lowest BCUT2D eigenvalue weighted by molar-refractivity contribution is -0.140. The number of amides is 1. The number of fused-ring (bicyclic) bond motifs is 1. The van der Waals surface area contributed by atoms with E-state index in [1.54, 1.807) is 6.92 Å². The summed E-state index contributed by atoms with van der Waals surface area (Å²) in [4.78, 5) is 24.5. The summed E-state index contributed by atoms with van der Waals surface area (Å²) in [5.74, 6) is 0.550. The van der Waals surface area contributed by atoms with Gasteiger partial charge in [0.2, 0.25) is 0 Å². The fraction of sp³-hybridized carbons (Fsp3) is 0.258. The molecule has 1 saturated carbocycles. The number of aromatic nitrogens is 1. The number of ether oxygens (including phenoxy) is 3. The normalized spacial score (nSPS) is 15.9. The third-order valence-corrected chi connectivity index (χ3v) is 7.41. The van der Waals surface area contributed by atoms with Crippen molar-refractivity contribution in [3.8, 4) is 33.9 Å². The molecule has 1 unspecified atom stereocenters. The summed E-state index contributed by atoms with van der Waals surface area (Å²) in [6, 6.07) is 20.7.